The molecule has 0 radical (unpaired) electrons. The second-order valence-corrected chi connectivity index (χ2v) is 4.95. The smallest absolute Gasteiger partial charge is 0.146 e. The normalized spacial score (nSPS) is 15.4. The number of aliphatic imine (C=N–C) groups is 1. The monoisotopic (exact) mass is 267 g/mol. The zero-order valence-corrected chi connectivity index (χ0v) is 11.6. The van der Waals surface area contributed by atoms with Crippen LogP contribution in [0.25, 0.3) is 0 Å². The quantitative estimate of drug-likeness (QED) is 0.778. The van der Waals surface area contributed by atoms with Gasteiger partial charge in [-0.05, 0) is 49.2 Å². The van der Waals surface area contributed by atoms with Gasteiger partial charge in [-0.25, -0.2) is 4.99 Å². The van der Waals surface area contributed by atoms with Crippen LogP contribution in [0, 0.1) is 13.8 Å². The summed E-state index contributed by atoms with van der Waals surface area (Å²) in [5.74, 6) is 1.59. The van der Waals surface area contributed by atoms with E-state index in [9.17, 15) is 0 Å². The van der Waals surface area contributed by atoms with Crippen LogP contribution in [0.5, 0.6) is 5.75 Å². The van der Waals surface area contributed by atoms with Crippen molar-refractivity contribution >= 4 is 22.9 Å². The lowest BCUT2D eigenvalue weighted by atomic mass is 10.1. The number of benzene rings is 2. The van der Waals surface area contributed by atoms with Gasteiger partial charge in [0.1, 0.15) is 18.2 Å². The number of hydrogen-bond acceptors (Lipinski definition) is 3. The maximum Gasteiger partial charge on any atom is 0.146 e. The molecule has 0 aromatic heterocycles. The standard InChI is InChI=1S/C16H17N3O/c1-10-4-3-5-13(11(10)2)18-16-9-20-15-7-6-12(17)8-14(15)19-16/h3-8H,9,17H2,1-2H3,(H,18,19). The summed E-state index contributed by atoms with van der Waals surface area (Å²) in [7, 11) is 0. The molecular formula is C16H17N3O. The summed E-state index contributed by atoms with van der Waals surface area (Å²) in [5, 5.41) is 3.28. The number of anilines is 2. The van der Waals surface area contributed by atoms with E-state index in [0.29, 0.717) is 12.3 Å². The van der Waals surface area contributed by atoms with Gasteiger partial charge in [-0.1, -0.05) is 12.1 Å². The summed E-state index contributed by atoms with van der Waals surface area (Å²) in [4.78, 5) is 4.65. The molecule has 0 spiro atoms. The Balaban J connectivity index is 1.93. The van der Waals surface area contributed by atoms with Crippen molar-refractivity contribution in [3.63, 3.8) is 0 Å². The van der Waals surface area contributed by atoms with E-state index in [1.807, 2.05) is 30.3 Å². The van der Waals surface area contributed by atoms with Crippen molar-refractivity contribution in [2.45, 2.75) is 13.8 Å². The van der Waals surface area contributed by atoms with Gasteiger partial charge in [-0.2, -0.15) is 0 Å². The maximum atomic E-state index is 5.79. The van der Waals surface area contributed by atoms with Gasteiger partial charge in [-0.3, -0.25) is 0 Å². The third-order valence-electron chi connectivity index (χ3n) is 3.48. The first-order valence-electron chi connectivity index (χ1n) is 6.56. The van der Waals surface area contributed by atoms with Crippen LogP contribution in [-0.4, -0.2) is 12.4 Å². The van der Waals surface area contributed by atoms with Gasteiger partial charge < -0.3 is 15.8 Å². The first-order valence-corrected chi connectivity index (χ1v) is 6.56. The minimum atomic E-state index is 0.435. The van der Waals surface area contributed by atoms with Crippen LogP contribution in [0.15, 0.2) is 41.4 Å². The highest BCUT2D eigenvalue weighted by molar-refractivity contribution is 6.01. The Morgan fingerprint density at radius 3 is 2.90 bits per heavy atom. The lowest BCUT2D eigenvalue weighted by molar-refractivity contribution is 0.372. The van der Waals surface area contributed by atoms with Crippen LogP contribution in [0.1, 0.15) is 11.1 Å². The molecular weight excluding hydrogens is 250 g/mol. The molecule has 20 heavy (non-hydrogen) atoms. The number of nitrogen functional groups attached to an aromatic ring is 1. The van der Waals surface area contributed by atoms with Crippen molar-refractivity contribution in [1.29, 1.82) is 0 Å². The highest BCUT2D eigenvalue weighted by Gasteiger charge is 2.15. The summed E-state index contributed by atoms with van der Waals surface area (Å²) >= 11 is 0. The topological polar surface area (TPSA) is 59.6 Å². The molecule has 1 aliphatic heterocycles. The van der Waals surface area contributed by atoms with Gasteiger partial charge in [0.25, 0.3) is 0 Å². The molecule has 0 saturated carbocycles. The van der Waals surface area contributed by atoms with Gasteiger partial charge >= 0.3 is 0 Å². The molecule has 4 heteroatoms. The fourth-order valence-corrected chi connectivity index (χ4v) is 2.17. The Kier molecular flexibility index (Phi) is 3.06. The Bertz CT molecular complexity index is 692. The van der Waals surface area contributed by atoms with E-state index in [1.54, 1.807) is 0 Å². The number of amidine groups is 1. The van der Waals surface area contributed by atoms with Crippen molar-refractivity contribution in [2.24, 2.45) is 4.99 Å². The molecule has 102 valence electrons. The molecule has 2 aromatic carbocycles. The number of nitrogens with two attached hydrogens (primary N) is 1. The van der Waals surface area contributed by atoms with Gasteiger partial charge in [0.15, 0.2) is 0 Å². The van der Waals surface area contributed by atoms with Crippen LogP contribution in [-0.2, 0) is 0 Å². The Hall–Kier alpha value is -2.49. The Morgan fingerprint density at radius 1 is 1.20 bits per heavy atom. The van der Waals surface area contributed by atoms with Crippen LogP contribution >= 0.6 is 0 Å². The van der Waals surface area contributed by atoms with Crippen molar-refractivity contribution in [3.05, 3.63) is 47.5 Å². The molecule has 3 rings (SSSR count). The largest absolute Gasteiger partial charge is 0.484 e. The molecule has 0 atom stereocenters. The first-order chi connectivity index (χ1) is 9.63. The number of fused-ring (bicyclic) bond motifs is 1. The predicted octanol–water partition coefficient (Wildman–Crippen LogP) is 3.42. The summed E-state index contributed by atoms with van der Waals surface area (Å²) in [6.07, 6.45) is 0. The number of ether oxygens (including phenoxy) is 1. The fourth-order valence-electron chi connectivity index (χ4n) is 2.17. The minimum absolute atomic E-state index is 0.435. The lowest BCUT2D eigenvalue weighted by Gasteiger charge is -2.21. The van der Waals surface area contributed by atoms with Gasteiger partial charge in [-0.15, -0.1) is 0 Å². The molecule has 0 fully saturated rings. The minimum Gasteiger partial charge on any atom is -0.484 e. The van der Waals surface area contributed by atoms with Gasteiger partial charge in [0.05, 0.1) is 11.4 Å². The summed E-state index contributed by atoms with van der Waals surface area (Å²) in [6.45, 7) is 4.59. The van der Waals surface area contributed by atoms with Crippen molar-refractivity contribution in [3.8, 4) is 5.75 Å². The number of rotatable bonds is 1. The molecule has 1 aliphatic rings. The fraction of sp³-hybridized carbons (Fsp3) is 0.188. The Labute approximate surface area is 118 Å². The molecule has 2 aromatic rings. The SMILES string of the molecule is Cc1cccc(N=C2COc3ccc(N)cc3N2)c1C. The summed E-state index contributed by atoms with van der Waals surface area (Å²) in [5.41, 5.74) is 10.7. The molecule has 0 unspecified atom stereocenters. The van der Waals surface area contributed by atoms with Crippen molar-refractivity contribution < 1.29 is 4.74 Å². The summed E-state index contributed by atoms with van der Waals surface area (Å²) < 4.78 is 5.68. The number of nitrogens with zero attached hydrogens (tertiary/aromatic N) is 1. The van der Waals surface area contributed by atoms with E-state index < -0.39 is 0 Å². The molecule has 0 aliphatic carbocycles. The predicted molar refractivity (Wildman–Crippen MR) is 83.0 cm³/mol. The molecule has 1 heterocycles. The van der Waals surface area contributed by atoms with Crippen molar-refractivity contribution in [2.75, 3.05) is 17.7 Å². The zero-order chi connectivity index (χ0) is 14.1. The van der Waals surface area contributed by atoms with E-state index in [4.69, 9.17) is 10.5 Å². The first kappa shape index (κ1) is 12.5. The van der Waals surface area contributed by atoms with E-state index in [2.05, 4.69) is 30.2 Å². The highest BCUT2D eigenvalue weighted by atomic mass is 16.5. The third-order valence-corrected chi connectivity index (χ3v) is 3.48. The van der Waals surface area contributed by atoms with Crippen LogP contribution < -0.4 is 15.8 Å². The van der Waals surface area contributed by atoms with Crippen molar-refractivity contribution in [1.82, 2.24) is 0 Å². The average molecular weight is 267 g/mol. The average Bonchev–Trinajstić information content (AvgIpc) is 2.43. The molecule has 0 bridgehead atoms. The molecule has 4 nitrogen and oxygen atoms in total. The number of aryl methyl sites for hydroxylation is 1. The third kappa shape index (κ3) is 2.32. The Morgan fingerprint density at radius 2 is 2.05 bits per heavy atom. The molecule has 0 amide bonds. The van der Waals surface area contributed by atoms with E-state index in [1.165, 1.54) is 11.1 Å². The number of hydrogen-bond donors (Lipinski definition) is 2. The van der Waals surface area contributed by atoms with Crippen LogP contribution in [0.4, 0.5) is 17.1 Å². The van der Waals surface area contributed by atoms with Gasteiger partial charge in [0.2, 0.25) is 0 Å². The summed E-state index contributed by atoms with van der Waals surface area (Å²) in [6, 6.07) is 11.6. The second kappa shape index (κ2) is 4.89. The number of nitrogens with one attached hydrogen (secondary N) is 1. The highest BCUT2D eigenvalue weighted by Crippen LogP contribution is 2.30. The van der Waals surface area contributed by atoms with E-state index in [-0.39, 0.29) is 0 Å². The second-order valence-electron chi connectivity index (χ2n) is 4.95. The van der Waals surface area contributed by atoms with Crippen LogP contribution in [0.2, 0.25) is 0 Å². The van der Waals surface area contributed by atoms with E-state index >= 15 is 0 Å². The lowest BCUT2D eigenvalue weighted by Crippen LogP contribution is -2.25. The zero-order valence-electron chi connectivity index (χ0n) is 11.6. The molecule has 0 saturated heterocycles. The van der Waals surface area contributed by atoms with Crippen LogP contribution in [0.3, 0.4) is 0 Å². The van der Waals surface area contributed by atoms with E-state index in [0.717, 1.165) is 23.0 Å². The molecule has 3 N–H and O–H groups in total. The maximum absolute atomic E-state index is 5.79. The van der Waals surface area contributed by atoms with Gasteiger partial charge in [0, 0.05) is 5.69 Å².